The maximum absolute atomic E-state index is 12.5. The summed E-state index contributed by atoms with van der Waals surface area (Å²) in [6, 6.07) is 7.94. The van der Waals surface area contributed by atoms with Gasteiger partial charge in [-0.05, 0) is 54.0 Å². The molecule has 2 nitrogen and oxygen atoms in total. The Bertz CT molecular complexity index is 535. The quantitative estimate of drug-likeness (QED) is 0.732. The molecule has 1 aromatic rings. The van der Waals surface area contributed by atoms with Gasteiger partial charge in [0.25, 0.3) is 0 Å². The van der Waals surface area contributed by atoms with Crippen LogP contribution in [-0.2, 0) is 4.79 Å². The van der Waals surface area contributed by atoms with Gasteiger partial charge in [-0.3, -0.25) is 4.79 Å². The van der Waals surface area contributed by atoms with Crippen LogP contribution >= 0.6 is 0 Å². The summed E-state index contributed by atoms with van der Waals surface area (Å²) in [6.07, 6.45) is 11.8. The summed E-state index contributed by atoms with van der Waals surface area (Å²) in [4.78, 5) is 12.5. The molecule has 0 aromatic heterocycles. The third-order valence-corrected chi connectivity index (χ3v) is 5.36. The number of benzene rings is 1. The standard InChI is InChI=1S/C20H26O2/c1-22-19-11-7-15(8-12-19)13-18-10-9-17(14-20(18)21)16-5-3-2-4-6-16/h7-8,11-13,16-17H,2-6,9-10,14H2,1H3. The van der Waals surface area contributed by atoms with Crippen LogP contribution in [0.2, 0.25) is 0 Å². The fourth-order valence-corrected chi connectivity index (χ4v) is 4.01. The van der Waals surface area contributed by atoms with E-state index in [-0.39, 0.29) is 0 Å². The zero-order valence-corrected chi connectivity index (χ0v) is 13.5. The van der Waals surface area contributed by atoms with E-state index in [2.05, 4.69) is 6.08 Å². The second kappa shape index (κ2) is 7.13. The lowest BCUT2D eigenvalue weighted by atomic mass is 9.72. The Hall–Kier alpha value is -1.57. The van der Waals surface area contributed by atoms with Crippen molar-refractivity contribution in [1.82, 2.24) is 0 Å². The Kier molecular flexibility index (Phi) is 4.97. The van der Waals surface area contributed by atoms with Crippen LogP contribution in [0.1, 0.15) is 56.9 Å². The van der Waals surface area contributed by atoms with Gasteiger partial charge in [-0.2, -0.15) is 0 Å². The number of ether oxygens (including phenoxy) is 1. The minimum absolute atomic E-state index is 0.373. The molecule has 1 atom stereocenters. The van der Waals surface area contributed by atoms with Crippen molar-refractivity contribution >= 4 is 11.9 Å². The number of ketones is 1. The summed E-state index contributed by atoms with van der Waals surface area (Å²) >= 11 is 0. The molecule has 0 spiro atoms. The Morgan fingerprint density at radius 2 is 1.73 bits per heavy atom. The lowest BCUT2D eigenvalue weighted by Crippen LogP contribution is -2.25. The van der Waals surface area contributed by atoms with Crippen LogP contribution < -0.4 is 4.74 Å². The first-order valence-corrected chi connectivity index (χ1v) is 8.64. The van der Waals surface area contributed by atoms with Crippen molar-refractivity contribution in [2.45, 2.75) is 51.4 Å². The second-order valence-electron chi connectivity index (χ2n) is 6.77. The molecule has 0 N–H and O–H groups in total. The predicted octanol–water partition coefficient (Wildman–Crippen LogP) is 5.03. The average molecular weight is 298 g/mol. The van der Waals surface area contributed by atoms with Gasteiger partial charge in [0.1, 0.15) is 5.75 Å². The van der Waals surface area contributed by atoms with Crippen LogP contribution in [-0.4, -0.2) is 12.9 Å². The lowest BCUT2D eigenvalue weighted by molar-refractivity contribution is -0.118. The van der Waals surface area contributed by atoms with Crippen molar-refractivity contribution in [3.8, 4) is 5.75 Å². The number of carbonyl (C=O) groups is 1. The van der Waals surface area contributed by atoms with E-state index in [0.29, 0.717) is 11.7 Å². The Balaban J connectivity index is 1.64. The number of rotatable bonds is 3. The molecule has 0 radical (unpaired) electrons. The summed E-state index contributed by atoms with van der Waals surface area (Å²) in [6.45, 7) is 0. The molecular weight excluding hydrogens is 272 g/mol. The molecule has 0 aliphatic heterocycles. The molecule has 22 heavy (non-hydrogen) atoms. The Morgan fingerprint density at radius 1 is 1.00 bits per heavy atom. The second-order valence-corrected chi connectivity index (χ2v) is 6.77. The SMILES string of the molecule is COc1ccc(C=C2CCC(C3CCCCC3)CC2=O)cc1. The van der Waals surface area contributed by atoms with Gasteiger partial charge in [-0.1, -0.05) is 44.2 Å². The van der Waals surface area contributed by atoms with Crippen molar-refractivity contribution in [2.75, 3.05) is 7.11 Å². The first-order chi connectivity index (χ1) is 10.8. The summed E-state index contributed by atoms with van der Waals surface area (Å²) < 4.78 is 5.17. The van der Waals surface area contributed by atoms with Crippen LogP contribution in [0.25, 0.3) is 6.08 Å². The number of methoxy groups -OCH3 is 1. The predicted molar refractivity (Wildman–Crippen MR) is 89.9 cm³/mol. The molecule has 2 heteroatoms. The van der Waals surface area contributed by atoms with Gasteiger partial charge in [0.2, 0.25) is 0 Å². The third kappa shape index (κ3) is 3.60. The molecule has 0 saturated heterocycles. The first kappa shape index (κ1) is 15.3. The van der Waals surface area contributed by atoms with Crippen molar-refractivity contribution in [1.29, 1.82) is 0 Å². The highest BCUT2D eigenvalue weighted by Crippen LogP contribution is 2.38. The molecule has 2 aliphatic rings. The van der Waals surface area contributed by atoms with Gasteiger partial charge in [0.05, 0.1) is 7.11 Å². The molecule has 0 amide bonds. The average Bonchev–Trinajstić information content (AvgIpc) is 2.58. The summed E-state index contributed by atoms with van der Waals surface area (Å²) in [5, 5.41) is 0. The molecule has 1 unspecified atom stereocenters. The highest BCUT2D eigenvalue weighted by molar-refractivity contribution is 6.00. The van der Waals surface area contributed by atoms with Gasteiger partial charge in [-0.25, -0.2) is 0 Å². The minimum atomic E-state index is 0.373. The van der Waals surface area contributed by atoms with Crippen molar-refractivity contribution in [3.63, 3.8) is 0 Å². The fraction of sp³-hybridized carbons (Fsp3) is 0.550. The van der Waals surface area contributed by atoms with Crippen LogP contribution in [0.5, 0.6) is 5.75 Å². The maximum Gasteiger partial charge on any atom is 0.159 e. The van der Waals surface area contributed by atoms with Crippen LogP contribution in [0, 0.1) is 11.8 Å². The van der Waals surface area contributed by atoms with Crippen molar-refractivity contribution in [3.05, 3.63) is 35.4 Å². The van der Waals surface area contributed by atoms with Gasteiger partial charge < -0.3 is 4.74 Å². The molecule has 1 aromatic carbocycles. The highest BCUT2D eigenvalue weighted by atomic mass is 16.5. The zero-order chi connectivity index (χ0) is 15.4. The third-order valence-electron chi connectivity index (χ3n) is 5.36. The first-order valence-electron chi connectivity index (χ1n) is 8.64. The molecule has 2 fully saturated rings. The largest absolute Gasteiger partial charge is 0.497 e. The molecule has 2 saturated carbocycles. The van der Waals surface area contributed by atoms with E-state index in [4.69, 9.17) is 4.74 Å². The lowest BCUT2D eigenvalue weighted by Gasteiger charge is -2.33. The minimum Gasteiger partial charge on any atom is -0.497 e. The van der Waals surface area contributed by atoms with Crippen LogP contribution in [0.3, 0.4) is 0 Å². The van der Waals surface area contributed by atoms with E-state index in [1.54, 1.807) is 7.11 Å². The van der Waals surface area contributed by atoms with E-state index in [9.17, 15) is 4.79 Å². The highest BCUT2D eigenvalue weighted by Gasteiger charge is 2.30. The van der Waals surface area contributed by atoms with E-state index in [1.807, 2.05) is 24.3 Å². The normalized spacial score (nSPS) is 25.4. The van der Waals surface area contributed by atoms with E-state index >= 15 is 0 Å². The number of hydrogen-bond acceptors (Lipinski definition) is 2. The number of carbonyl (C=O) groups excluding carboxylic acids is 1. The summed E-state index contributed by atoms with van der Waals surface area (Å²) in [5.74, 6) is 2.67. The molecule has 0 bridgehead atoms. The van der Waals surface area contributed by atoms with Gasteiger partial charge in [-0.15, -0.1) is 0 Å². The summed E-state index contributed by atoms with van der Waals surface area (Å²) in [5.41, 5.74) is 2.11. The topological polar surface area (TPSA) is 26.3 Å². The fourth-order valence-electron chi connectivity index (χ4n) is 4.01. The molecule has 3 rings (SSSR count). The van der Waals surface area contributed by atoms with E-state index < -0.39 is 0 Å². The number of Topliss-reactive ketones (excluding diaryl/α,β-unsaturated/α-hetero) is 1. The molecule has 2 aliphatic carbocycles. The number of hydrogen-bond donors (Lipinski definition) is 0. The van der Waals surface area contributed by atoms with Gasteiger partial charge >= 0.3 is 0 Å². The van der Waals surface area contributed by atoms with Gasteiger partial charge in [0.15, 0.2) is 5.78 Å². The monoisotopic (exact) mass is 298 g/mol. The Morgan fingerprint density at radius 3 is 2.36 bits per heavy atom. The van der Waals surface area contributed by atoms with E-state index in [0.717, 1.165) is 35.6 Å². The van der Waals surface area contributed by atoms with E-state index in [1.165, 1.54) is 38.5 Å². The van der Waals surface area contributed by atoms with Crippen LogP contribution in [0.15, 0.2) is 29.8 Å². The van der Waals surface area contributed by atoms with Crippen LogP contribution in [0.4, 0.5) is 0 Å². The molecular formula is C20H26O2. The molecule has 118 valence electrons. The zero-order valence-electron chi connectivity index (χ0n) is 13.5. The summed E-state index contributed by atoms with van der Waals surface area (Å²) in [7, 11) is 1.67. The van der Waals surface area contributed by atoms with Crippen molar-refractivity contribution in [2.24, 2.45) is 11.8 Å². The molecule has 0 heterocycles. The number of allylic oxidation sites excluding steroid dienone is 1. The van der Waals surface area contributed by atoms with Crippen molar-refractivity contribution < 1.29 is 9.53 Å². The smallest absolute Gasteiger partial charge is 0.159 e. The Labute approximate surface area is 133 Å². The van der Waals surface area contributed by atoms with Gasteiger partial charge in [0, 0.05) is 6.42 Å². The maximum atomic E-state index is 12.5.